The Bertz CT molecular complexity index is 7980. The molecule has 8 aromatic heterocycles. The number of halogens is 7. The molecule has 0 aliphatic carbocycles. The molecule has 18 rings (SSSR count). The van der Waals surface area contributed by atoms with Crippen LogP contribution in [0.1, 0.15) is 207 Å². The van der Waals surface area contributed by atoms with Crippen LogP contribution in [-0.4, -0.2) is 97.1 Å². The highest BCUT2D eigenvalue weighted by Crippen LogP contribution is 2.46. The van der Waals surface area contributed by atoms with Gasteiger partial charge >= 0.3 is 5.97 Å². The van der Waals surface area contributed by atoms with Gasteiger partial charge in [-0.25, -0.2) is 29.6 Å². The Hall–Kier alpha value is -16.8. The molecule has 0 amide bonds. The van der Waals surface area contributed by atoms with Gasteiger partial charge in [0.25, 0.3) is 11.4 Å². The highest BCUT2D eigenvalue weighted by Gasteiger charge is 2.38. The lowest BCUT2D eigenvalue weighted by Gasteiger charge is -2.22. The minimum atomic E-state index is -1.95. The Morgan fingerprint density at radius 1 is 0.500 bits per heavy atom. The third-order valence-corrected chi connectivity index (χ3v) is 24.1. The van der Waals surface area contributed by atoms with Crippen molar-refractivity contribution >= 4 is 154 Å². The number of rotatable bonds is 20. The predicted molar refractivity (Wildman–Crippen MR) is 581 cm³/mol. The highest BCUT2D eigenvalue weighted by atomic mass is 35.5. The summed E-state index contributed by atoms with van der Waals surface area (Å²) in [5.41, 5.74) is 18.4. The smallest absolute Gasteiger partial charge is 0.304 e. The number of ether oxygens (including phenoxy) is 3. The second kappa shape index (κ2) is 48.7. The molecular formula is C113H101Cl5F2N22O8. The first kappa shape index (κ1) is 107. The third kappa shape index (κ3) is 28.3. The molecule has 5 N–H and O–H groups in total. The van der Waals surface area contributed by atoms with E-state index in [9.17, 15) is 51.0 Å². The molecule has 150 heavy (non-hydrogen) atoms. The van der Waals surface area contributed by atoms with Crippen LogP contribution in [0.3, 0.4) is 0 Å². The van der Waals surface area contributed by atoms with Crippen LogP contribution in [-0.2, 0) is 31.0 Å². The van der Waals surface area contributed by atoms with Crippen molar-refractivity contribution in [2.24, 2.45) is 26.2 Å². The second-order valence-corrected chi connectivity index (χ2v) is 40.9. The van der Waals surface area contributed by atoms with Crippen molar-refractivity contribution in [3.63, 3.8) is 0 Å². The Kier molecular flexibility index (Phi) is 34.9. The third-order valence-electron chi connectivity index (χ3n) is 22.6. The van der Waals surface area contributed by atoms with Crippen LogP contribution in [0.25, 0.3) is 43.6 Å². The number of nitriles is 4. The molecule has 0 saturated carbocycles. The zero-order chi connectivity index (χ0) is 110. The van der Waals surface area contributed by atoms with Gasteiger partial charge < -0.3 is 35.9 Å². The molecule has 37 heteroatoms. The summed E-state index contributed by atoms with van der Waals surface area (Å²) in [7, 11) is 0. The van der Waals surface area contributed by atoms with Gasteiger partial charge in [-0.1, -0.05) is 265 Å². The predicted octanol–water partition coefficient (Wildman–Crippen LogP) is 26.8. The summed E-state index contributed by atoms with van der Waals surface area (Å²) in [6.45, 7) is 27.9. The number of nitrogen functional groups attached to an aromatic ring is 1. The van der Waals surface area contributed by atoms with E-state index in [2.05, 4.69) is 169 Å². The van der Waals surface area contributed by atoms with E-state index in [1.807, 2.05) is 151 Å². The molecule has 2 aliphatic rings. The van der Waals surface area contributed by atoms with E-state index in [4.69, 9.17) is 101 Å². The number of hydrogen-bond acceptors (Lipinski definition) is 27. The number of carbonyl (C=O) groups is 1. The normalized spacial score (nSPS) is 15.0. The fraction of sp³-hybridized carbons (Fsp3) is 0.239. The largest absolute Gasteiger partial charge is 0.465 e. The number of terminal acetylenes is 1. The summed E-state index contributed by atoms with van der Waals surface area (Å²) in [5.74, 6) is -0.418. The Balaban J connectivity index is 0.000000158. The van der Waals surface area contributed by atoms with Crippen LogP contribution < -0.4 is 21.7 Å². The van der Waals surface area contributed by atoms with Crippen molar-refractivity contribution < 1.29 is 40.4 Å². The zero-order valence-corrected chi connectivity index (χ0v) is 87.3. The fourth-order valence-electron chi connectivity index (χ4n) is 15.3. The average Bonchev–Trinajstić information content (AvgIpc) is 1.45. The lowest BCUT2D eigenvalue weighted by Crippen LogP contribution is -2.22. The molecule has 2 aliphatic heterocycles. The number of hydrogen-bond donors (Lipinski definition) is 4. The minimum Gasteiger partial charge on any atom is -0.465 e. The standard InChI is InChI=1S/C35H27N3O2.C28H31ClFN7.C15H15ClN4O2.C15H17ClN4.C10H3Cl2N3O2.C10H8FNO2/c1-5-14-24(15-6-1)30-32(26-18-9-3-10-19-26)39-34(37-30)28-22-13-23-29(36-28)35-38-31(25-16-7-2-8-17-25)33(40-35)27-20-11-4-12-21-27;1-27(2,3)16-34-25-19(12-31)14-33-26-21(25)10-17(11-22(26)29)9-20(18-7-8-24(30)32-13-18)23-15-37(36-35-23)28(4,5)6;1-15(2,3)8-19-13-9(6-17)7-18-14-11(13)4-10(20(21)22)5-12(14)16;1-15(2,3)8-20-13-9(6-17)7-19-14-11(13)4-10(18)5-12(14)16;11-8-2-6(15(16)17)1-7-9(12)5(3-13)4-14-10(7)8;1-3-9(14-7(2)13)8-4-5-10(11)12-6-8/h1-23,30-33H;7-8,10-11,13-15,20H,9,16H2,1-6H3,(H,33,34);4-5,7H,8H2,1-3H3,(H,18,19);4-5,7H,8,18H2,1-3H3,(H,19,20);1-2,4H;1,4-6,9H,2H3/t30-,31-,32+,33+;20-;;;;/m00..../s1/i;20D;;;;9D. The average molecular weight is 2110 g/mol. The SMILES string of the molecule is CC(C)(C)CNc1c(C#N)cnc2c(Cl)cc(N)cc12.CC(C)(C)CNc1c(C#N)cnc2c(Cl)cc([N+](=O)[O-])cc12.N#Cc1cnc2c(Cl)cc([N+](=O)[O-])cc2c1Cl.[2H]C(C#C)(OC(C)=O)c1ccc(F)nc1.[2H][C@](Cc1cc(Cl)c2ncc(C#N)c(NCC(C)(C)C)c2c1)(c1ccc(F)nc1)c1cn(C(C)(C)C)nn1.c1ccc([C@H]2OC(c3cccc(C4=N[C@@H](c5ccccc5)[C@@H](c5ccccc5)O4)n3)=N[C@H]2c2ccccc2)cc1. The molecule has 6 atom stereocenters. The highest BCUT2D eigenvalue weighted by molar-refractivity contribution is 6.40. The topological polar surface area (TPSA) is 434 Å². The summed E-state index contributed by atoms with van der Waals surface area (Å²) in [6, 6.07) is 72.0. The van der Waals surface area contributed by atoms with Gasteiger partial charge in [0, 0.05) is 134 Å². The molecule has 0 spiro atoms. The Labute approximate surface area is 892 Å². The van der Waals surface area contributed by atoms with Crippen molar-refractivity contribution in [2.75, 3.05) is 41.3 Å². The number of nitrogens with one attached hydrogen (secondary N) is 3. The first-order valence-electron chi connectivity index (χ1n) is 47.6. The van der Waals surface area contributed by atoms with Crippen molar-refractivity contribution in [3.8, 4) is 36.6 Å². The first-order chi connectivity index (χ1) is 72.1. The van der Waals surface area contributed by atoms with Crippen molar-refractivity contribution in [3.05, 3.63) is 391 Å². The number of aromatic nitrogens is 10. The minimum absolute atomic E-state index is 0.0210. The number of non-ortho nitro benzene ring substituents is 2. The molecule has 10 heterocycles. The van der Waals surface area contributed by atoms with E-state index in [-0.39, 0.29) is 90.1 Å². The number of benzene rings is 8. The summed E-state index contributed by atoms with van der Waals surface area (Å²) < 4.78 is 62.8. The number of nitro groups is 2. The van der Waals surface area contributed by atoms with Crippen LogP contribution in [0.2, 0.25) is 25.1 Å². The summed E-state index contributed by atoms with van der Waals surface area (Å²) in [4.78, 5) is 70.2. The Morgan fingerprint density at radius 2 is 0.880 bits per heavy atom. The summed E-state index contributed by atoms with van der Waals surface area (Å²) >= 11 is 30.8. The molecule has 1 unspecified atom stereocenters. The van der Waals surface area contributed by atoms with Crippen LogP contribution >= 0.6 is 58.0 Å². The van der Waals surface area contributed by atoms with E-state index >= 15 is 0 Å². The maximum absolute atomic E-state index is 13.7. The van der Waals surface area contributed by atoms with E-state index in [0.717, 1.165) is 64.6 Å². The summed E-state index contributed by atoms with van der Waals surface area (Å²) in [5, 5.41) is 80.9. The van der Waals surface area contributed by atoms with Gasteiger partial charge in [0.2, 0.25) is 23.7 Å². The van der Waals surface area contributed by atoms with Crippen molar-refractivity contribution in [1.29, 1.82) is 21.0 Å². The molecular weight excluding hydrogens is 2010 g/mol. The number of aliphatic imine (C=N–C) groups is 2. The number of fused-ring (bicyclic) bond motifs is 4. The van der Waals surface area contributed by atoms with E-state index in [1.165, 1.54) is 67.4 Å². The maximum atomic E-state index is 13.7. The number of nitro benzene ring substituents is 2. The second-order valence-electron chi connectivity index (χ2n) is 38.9. The van der Waals surface area contributed by atoms with Crippen LogP contribution in [0.4, 0.5) is 42.9 Å². The molecule has 760 valence electrons. The molecule has 0 radical (unpaired) electrons. The lowest BCUT2D eigenvalue weighted by atomic mass is 9.89. The summed E-state index contributed by atoms with van der Waals surface area (Å²) in [6.07, 6.45) is 12.7. The van der Waals surface area contributed by atoms with Gasteiger partial charge in [-0.3, -0.25) is 45.0 Å². The van der Waals surface area contributed by atoms with Gasteiger partial charge in [0.1, 0.15) is 47.7 Å². The Morgan fingerprint density at radius 3 is 1.26 bits per heavy atom. The number of carbonyl (C=O) groups excluding carboxylic acids is 1. The lowest BCUT2D eigenvalue weighted by molar-refractivity contribution is -0.384. The van der Waals surface area contributed by atoms with Crippen molar-refractivity contribution in [2.45, 2.75) is 138 Å². The number of pyridine rings is 7. The number of esters is 1. The van der Waals surface area contributed by atoms with Gasteiger partial charge in [0.15, 0.2) is 18.3 Å². The number of nitrogens with two attached hydrogens (primary N) is 1. The maximum Gasteiger partial charge on any atom is 0.304 e. The molecule has 8 aromatic carbocycles. The van der Waals surface area contributed by atoms with Crippen molar-refractivity contribution in [1.82, 2.24) is 49.9 Å². The monoisotopic (exact) mass is 2110 g/mol. The molecule has 30 nitrogen and oxygen atoms in total. The van der Waals surface area contributed by atoms with Gasteiger partial charge in [-0.2, -0.15) is 29.8 Å². The number of anilines is 4. The van der Waals surface area contributed by atoms with Gasteiger partial charge in [0.05, 0.1) is 109 Å². The van der Waals surface area contributed by atoms with E-state index in [0.29, 0.717) is 130 Å². The molecule has 0 fully saturated rings. The van der Waals surface area contributed by atoms with E-state index in [1.54, 1.807) is 35.1 Å². The van der Waals surface area contributed by atoms with E-state index < -0.39 is 39.7 Å². The van der Waals surface area contributed by atoms with Crippen LogP contribution in [0.15, 0.2) is 266 Å². The van der Waals surface area contributed by atoms with Gasteiger partial charge in [-0.15, -0.1) is 11.5 Å². The fourth-order valence-corrected chi connectivity index (χ4v) is 16.6. The van der Waals surface area contributed by atoms with Crippen LogP contribution in [0, 0.1) is 106 Å². The molecule has 16 aromatic rings. The molecule has 0 bridgehead atoms. The van der Waals surface area contributed by atoms with Gasteiger partial charge in [-0.05, 0) is 131 Å². The zero-order valence-electron chi connectivity index (χ0n) is 85.5. The molecule has 0 saturated heterocycles. The van der Waals surface area contributed by atoms with Crippen LogP contribution in [0.5, 0.6) is 0 Å². The first-order valence-corrected chi connectivity index (χ1v) is 48.5. The number of nitrogens with zero attached hydrogens (tertiary/aromatic N) is 18. The quantitative estimate of drug-likeness (QED) is 0.0137.